The van der Waals surface area contributed by atoms with E-state index in [4.69, 9.17) is 9.97 Å². The Morgan fingerprint density at radius 3 is 2.32 bits per heavy atom. The molecular weight excluding hydrogens is 416 g/mol. The monoisotopic (exact) mass is 446 g/mol. The molecule has 0 amide bonds. The van der Waals surface area contributed by atoms with E-state index in [2.05, 4.69) is 67.6 Å². The smallest absolute Gasteiger partial charge is 0.162 e. The number of fused-ring (bicyclic) bond motifs is 3. The summed E-state index contributed by atoms with van der Waals surface area (Å²) >= 11 is 0. The van der Waals surface area contributed by atoms with E-state index in [-0.39, 0.29) is 5.78 Å². The number of hydrogen-bond acceptors (Lipinski definition) is 3. The number of nitrogens with zero attached hydrogens (tertiary/aromatic N) is 2. The standard InChI is InChI=1S/C31H30N2O/c1-3-21-10-12-22(13-11-21)14-17-27-31-26-16-15-24(29(34)4-2)19-25(26)20-28(31)33-30(32-27)18-23-8-6-5-7-9-23/h5-13,15-16,19H,3-4,14,17-18,20H2,1-2H3. The van der Waals surface area contributed by atoms with Gasteiger partial charge < -0.3 is 0 Å². The van der Waals surface area contributed by atoms with Gasteiger partial charge in [0, 0.05) is 30.4 Å². The number of ketones is 1. The third-order valence-electron chi connectivity index (χ3n) is 6.77. The number of carbonyl (C=O) groups excluding carboxylic acids is 1. The van der Waals surface area contributed by atoms with Crippen molar-refractivity contribution in [3.05, 3.63) is 118 Å². The maximum absolute atomic E-state index is 12.3. The minimum Gasteiger partial charge on any atom is -0.294 e. The maximum Gasteiger partial charge on any atom is 0.162 e. The lowest BCUT2D eigenvalue weighted by atomic mass is 9.97. The summed E-state index contributed by atoms with van der Waals surface area (Å²) in [7, 11) is 0. The van der Waals surface area contributed by atoms with Gasteiger partial charge in [0.2, 0.25) is 0 Å². The number of rotatable bonds is 8. The molecule has 0 fully saturated rings. The molecule has 0 radical (unpaired) electrons. The van der Waals surface area contributed by atoms with Gasteiger partial charge in [-0.05, 0) is 53.1 Å². The Morgan fingerprint density at radius 1 is 0.824 bits per heavy atom. The first-order chi connectivity index (χ1) is 16.6. The van der Waals surface area contributed by atoms with Crippen molar-refractivity contribution >= 4 is 5.78 Å². The predicted octanol–water partition coefficient (Wildman–Crippen LogP) is 6.58. The zero-order chi connectivity index (χ0) is 23.5. The molecule has 170 valence electrons. The van der Waals surface area contributed by atoms with Crippen LogP contribution in [0.3, 0.4) is 0 Å². The molecule has 3 heteroatoms. The Kier molecular flexibility index (Phi) is 6.35. The molecule has 1 aliphatic rings. The molecule has 4 aromatic rings. The van der Waals surface area contributed by atoms with Gasteiger partial charge in [0.1, 0.15) is 5.82 Å². The normalized spacial score (nSPS) is 11.8. The molecule has 0 saturated heterocycles. The van der Waals surface area contributed by atoms with Gasteiger partial charge in [0.15, 0.2) is 5.78 Å². The number of Topliss-reactive ketones (excluding diaryl/α,β-unsaturated/α-hetero) is 1. The van der Waals surface area contributed by atoms with E-state index >= 15 is 0 Å². The van der Waals surface area contributed by atoms with Crippen LogP contribution < -0.4 is 0 Å². The number of carbonyl (C=O) groups is 1. The molecule has 34 heavy (non-hydrogen) atoms. The highest BCUT2D eigenvalue weighted by Crippen LogP contribution is 2.38. The van der Waals surface area contributed by atoms with Gasteiger partial charge in [-0.25, -0.2) is 9.97 Å². The molecule has 0 unspecified atom stereocenters. The van der Waals surface area contributed by atoms with E-state index in [0.717, 1.165) is 54.9 Å². The van der Waals surface area contributed by atoms with Crippen LogP contribution in [0.15, 0.2) is 72.8 Å². The van der Waals surface area contributed by atoms with Crippen LogP contribution >= 0.6 is 0 Å². The largest absolute Gasteiger partial charge is 0.294 e. The SMILES string of the molecule is CCC(=O)c1ccc2c(c1)Cc1nc(Cc3ccccc3)nc(CCc3ccc(CC)cc3)c1-2. The van der Waals surface area contributed by atoms with Crippen molar-refractivity contribution in [2.24, 2.45) is 0 Å². The molecule has 1 heterocycles. The van der Waals surface area contributed by atoms with E-state index in [1.807, 2.05) is 19.1 Å². The van der Waals surface area contributed by atoms with Crippen LogP contribution in [0.4, 0.5) is 0 Å². The number of aromatic nitrogens is 2. The van der Waals surface area contributed by atoms with Gasteiger partial charge >= 0.3 is 0 Å². The molecule has 1 aliphatic carbocycles. The van der Waals surface area contributed by atoms with Crippen LogP contribution in [0, 0.1) is 0 Å². The van der Waals surface area contributed by atoms with Crippen LogP contribution in [-0.4, -0.2) is 15.8 Å². The van der Waals surface area contributed by atoms with Gasteiger partial charge in [-0.3, -0.25) is 4.79 Å². The summed E-state index contributed by atoms with van der Waals surface area (Å²) in [4.78, 5) is 22.4. The van der Waals surface area contributed by atoms with Crippen LogP contribution in [0.5, 0.6) is 0 Å². The molecule has 1 aromatic heterocycles. The fourth-order valence-corrected chi connectivity index (χ4v) is 4.84. The molecule has 0 aliphatic heterocycles. The number of aryl methyl sites for hydroxylation is 3. The lowest BCUT2D eigenvalue weighted by Crippen LogP contribution is -2.07. The van der Waals surface area contributed by atoms with Gasteiger partial charge in [0.25, 0.3) is 0 Å². The minimum absolute atomic E-state index is 0.186. The molecule has 3 aromatic carbocycles. The molecular formula is C31H30N2O. The third kappa shape index (κ3) is 4.56. The van der Waals surface area contributed by atoms with Gasteiger partial charge in [-0.2, -0.15) is 0 Å². The van der Waals surface area contributed by atoms with Crippen LogP contribution in [0.1, 0.15) is 70.1 Å². The fraction of sp³-hybridized carbons (Fsp3) is 0.258. The third-order valence-corrected chi connectivity index (χ3v) is 6.77. The van der Waals surface area contributed by atoms with E-state index in [1.165, 1.54) is 33.4 Å². The van der Waals surface area contributed by atoms with Crippen molar-refractivity contribution in [3.8, 4) is 11.1 Å². The minimum atomic E-state index is 0.186. The zero-order valence-corrected chi connectivity index (χ0v) is 20.0. The van der Waals surface area contributed by atoms with E-state index in [9.17, 15) is 4.79 Å². The summed E-state index contributed by atoms with van der Waals surface area (Å²) in [6.45, 7) is 4.10. The molecule has 0 spiro atoms. The topological polar surface area (TPSA) is 42.9 Å². The summed E-state index contributed by atoms with van der Waals surface area (Å²) in [5.41, 5.74) is 10.5. The van der Waals surface area contributed by atoms with Gasteiger partial charge in [-0.15, -0.1) is 0 Å². The Morgan fingerprint density at radius 2 is 1.59 bits per heavy atom. The first-order valence-corrected chi connectivity index (χ1v) is 12.3. The van der Waals surface area contributed by atoms with Gasteiger partial charge in [0.05, 0.1) is 11.4 Å². The highest BCUT2D eigenvalue weighted by Gasteiger charge is 2.25. The van der Waals surface area contributed by atoms with E-state index < -0.39 is 0 Å². The summed E-state index contributed by atoms with van der Waals surface area (Å²) in [6.07, 6.45) is 4.88. The molecule has 3 nitrogen and oxygen atoms in total. The van der Waals surface area contributed by atoms with E-state index in [0.29, 0.717) is 6.42 Å². The maximum atomic E-state index is 12.3. The van der Waals surface area contributed by atoms with Crippen molar-refractivity contribution in [1.29, 1.82) is 0 Å². The van der Waals surface area contributed by atoms with Crippen LogP contribution in [-0.2, 0) is 32.1 Å². The lowest BCUT2D eigenvalue weighted by molar-refractivity contribution is 0.0988. The second-order valence-electron chi connectivity index (χ2n) is 9.07. The lowest BCUT2D eigenvalue weighted by Gasteiger charge is -2.12. The van der Waals surface area contributed by atoms with Crippen LogP contribution in [0.2, 0.25) is 0 Å². The van der Waals surface area contributed by atoms with E-state index in [1.54, 1.807) is 0 Å². The van der Waals surface area contributed by atoms with Crippen molar-refractivity contribution in [2.45, 2.75) is 52.4 Å². The quantitative estimate of drug-likeness (QED) is 0.253. The fourth-order valence-electron chi connectivity index (χ4n) is 4.84. The summed E-state index contributed by atoms with van der Waals surface area (Å²) in [5, 5.41) is 0. The highest BCUT2D eigenvalue weighted by atomic mass is 16.1. The molecule has 0 N–H and O–H groups in total. The second kappa shape index (κ2) is 9.72. The summed E-state index contributed by atoms with van der Waals surface area (Å²) in [5.74, 6) is 1.06. The average molecular weight is 447 g/mol. The Balaban J connectivity index is 1.50. The molecule has 0 bridgehead atoms. The van der Waals surface area contributed by atoms with Crippen molar-refractivity contribution in [1.82, 2.24) is 9.97 Å². The summed E-state index contributed by atoms with van der Waals surface area (Å²) < 4.78 is 0. The highest BCUT2D eigenvalue weighted by molar-refractivity contribution is 5.97. The average Bonchev–Trinajstić information content (AvgIpc) is 3.25. The van der Waals surface area contributed by atoms with Crippen molar-refractivity contribution in [3.63, 3.8) is 0 Å². The Hall–Kier alpha value is -3.59. The molecule has 0 saturated carbocycles. The second-order valence-corrected chi connectivity index (χ2v) is 9.07. The van der Waals surface area contributed by atoms with Crippen molar-refractivity contribution < 1.29 is 4.79 Å². The summed E-state index contributed by atoms with van der Waals surface area (Å²) in [6, 6.07) is 25.5. The predicted molar refractivity (Wildman–Crippen MR) is 137 cm³/mol. The number of hydrogen-bond donors (Lipinski definition) is 0. The van der Waals surface area contributed by atoms with Crippen molar-refractivity contribution in [2.75, 3.05) is 0 Å². The molecule has 0 atom stereocenters. The first-order valence-electron chi connectivity index (χ1n) is 12.3. The Labute approximate surface area is 201 Å². The van der Waals surface area contributed by atoms with Gasteiger partial charge in [-0.1, -0.05) is 80.6 Å². The zero-order valence-electron chi connectivity index (χ0n) is 20.0. The molecule has 5 rings (SSSR count). The Bertz CT molecular complexity index is 1320. The number of benzene rings is 3. The first kappa shape index (κ1) is 22.2. The van der Waals surface area contributed by atoms with Crippen LogP contribution in [0.25, 0.3) is 11.1 Å².